The van der Waals surface area contributed by atoms with Crippen molar-refractivity contribution in [3.8, 4) is 5.75 Å². The number of hydrogen-bond donors (Lipinski definition) is 1. The molecular weight excluding hydrogens is 348 g/mol. The molecule has 2 aromatic rings. The summed E-state index contributed by atoms with van der Waals surface area (Å²) in [6.07, 6.45) is 3.43. The molecule has 0 spiro atoms. The zero-order valence-corrected chi connectivity index (χ0v) is 15.4. The van der Waals surface area contributed by atoms with Crippen LogP contribution < -0.4 is 10.1 Å². The molecule has 4 rings (SSSR count). The minimum Gasteiger partial charge on any atom is -0.489 e. The SMILES string of the molecule is O=C(c1cccc(OCc2cccc(Cl)c2)c1)N1CCC2CCC(C1)N2. The number of hydrogen-bond acceptors (Lipinski definition) is 3. The predicted octanol–water partition coefficient (Wildman–Crippen LogP) is 3.89. The van der Waals surface area contributed by atoms with Gasteiger partial charge < -0.3 is 15.0 Å². The topological polar surface area (TPSA) is 41.6 Å². The Balaban J connectivity index is 1.42. The van der Waals surface area contributed by atoms with Crippen molar-refractivity contribution in [2.75, 3.05) is 13.1 Å². The maximum atomic E-state index is 12.9. The summed E-state index contributed by atoms with van der Waals surface area (Å²) in [4.78, 5) is 14.9. The van der Waals surface area contributed by atoms with Crippen LogP contribution in [0.5, 0.6) is 5.75 Å². The molecule has 4 nitrogen and oxygen atoms in total. The third-order valence-electron chi connectivity index (χ3n) is 5.19. The standard InChI is InChI=1S/C21H23ClN2O2/c22-17-5-1-3-15(11-17)14-26-20-6-2-4-16(12-20)21(25)24-10-9-18-7-8-19(13-24)23-18/h1-6,11-12,18-19,23H,7-10,13-14H2. The Morgan fingerprint density at radius 3 is 2.85 bits per heavy atom. The van der Waals surface area contributed by atoms with Crippen LogP contribution in [0, 0.1) is 0 Å². The largest absolute Gasteiger partial charge is 0.489 e. The first-order valence-corrected chi connectivity index (χ1v) is 9.58. The van der Waals surface area contributed by atoms with Crippen LogP contribution in [0.4, 0.5) is 0 Å². The molecule has 1 amide bonds. The molecule has 2 bridgehead atoms. The van der Waals surface area contributed by atoms with Gasteiger partial charge in [-0.2, -0.15) is 0 Å². The van der Waals surface area contributed by atoms with Gasteiger partial charge in [-0.05, 0) is 55.2 Å². The van der Waals surface area contributed by atoms with Gasteiger partial charge in [0.1, 0.15) is 12.4 Å². The van der Waals surface area contributed by atoms with E-state index in [1.165, 1.54) is 6.42 Å². The number of nitrogens with zero attached hydrogens (tertiary/aromatic N) is 1. The minimum absolute atomic E-state index is 0.0903. The molecule has 136 valence electrons. The highest BCUT2D eigenvalue weighted by Crippen LogP contribution is 2.23. The molecule has 2 heterocycles. The molecule has 0 radical (unpaired) electrons. The third kappa shape index (κ3) is 4.02. The maximum Gasteiger partial charge on any atom is 0.254 e. The van der Waals surface area contributed by atoms with E-state index in [1.54, 1.807) is 0 Å². The number of ether oxygens (including phenoxy) is 1. The van der Waals surface area contributed by atoms with Gasteiger partial charge in [-0.25, -0.2) is 0 Å². The number of rotatable bonds is 4. The number of carbonyl (C=O) groups is 1. The fourth-order valence-electron chi connectivity index (χ4n) is 3.82. The molecule has 2 unspecified atom stereocenters. The number of nitrogens with one attached hydrogen (secondary N) is 1. The average molecular weight is 371 g/mol. The summed E-state index contributed by atoms with van der Waals surface area (Å²) in [6, 6.07) is 16.1. The number of benzene rings is 2. The Hall–Kier alpha value is -2.04. The van der Waals surface area contributed by atoms with E-state index in [4.69, 9.17) is 16.3 Å². The second-order valence-corrected chi connectivity index (χ2v) is 7.56. The van der Waals surface area contributed by atoms with Crippen LogP contribution in [0.1, 0.15) is 35.2 Å². The second kappa shape index (κ2) is 7.68. The first kappa shape index (κ1) is 17.4. The highest BCUT2D eigenvalue weighted by Gasteiger charge is 2.31. The number of carbonyl (C=O) groups excluding carboxylic acids is 1. The first-order valence-electron chi connectivity index (χ1n) is 9.20. The summed E-state index contributed by atoms with van der Waals surface area (Å²) >= 11 is 6.01. The van der Waals surface area contributed by atoms with E-state index in [-0.39, 0.29) is 5.91 Å². The van der Waals surface area contributed by atoms with E-state index in [1.807, 2.05) is 53.4 Å². The van der Waals surface area contributed by atoms with Crippen LogP contribution in [0.25, 0.3) is 0 Å². The summed E-state index contributed by atoms with van der Waals surface area (Å²) < 4.78 is 5.86. The van der Waals surface area contributed by atoms with Crippen LogP contribution in [0.15, 0.2) is 48.5 Å². The first-order chi connectivity index (χ1) is 12.7. The lowest BCUT2D eigenvalue weighted by atomic mass is 10.1. The highest BCUT2D eigenvalue weighted by atomic mass is 35.5. The van der Waals surface area contributed by atoms with E-state index in [2.05, 4.69) is 5.32 Å². The Labute approximate surface area is 159 Å². The van der Waals surface area contributed by atoms with Crippen LogP contribution in [0.2, 0.25) is 5.02 Å². The van der Waals surface area contributed by atoms with Gasteiger partial charge in [-0.1, -0.05) is 29.8 Å². The van der Waals surface area contributed by atoms with Crippen LogP contribution in [0.3, 0.4) is 0 Å². The molecule has 2 aromatic carbocycles. The molecule has 2 aliphatic heterocycles. The third-order valence-corrected chi connectivity index (χ3v) is 5.42. The molecule has 0 aliphatic carbocycles. The lowest BCUT2D eigenvalue weighted by Gasteiger charge is -2.24. The van der Waals surface area contributed by atoms with Gasteiger partial charge in [-0.15, -0.1) is 0 Å². The van der Waals surface area contributed by atoms with Crippen molar-refractivity contribution in [3.63, 3.8) is 0 Å². The van der Waals surface area contributed by atoms with Gasteiger partial charge >= 0.3 is 0 Å². The average Bonchev–Trinajstić information content (AvgIpc) is 2.98. The molecule has 1 N–H and O–H groups in total. The molecule has 0 aromatic heterocycles. The lowest BCUT2D eigenvalue weighted by Crippen LogP contribution is -2.39. The maximum absolute atomic E-state index is 12.9. The minimum atomic E-state index is 0.0903. The molecular formula is C21H23ClN2O2. The number of halogens is 1. The highest BCUT2D eigenvalue weighted by molar-refractivity contribution is 6.30. The Morgan fingerprint density at radius 1 is 1.12 bits per heavy atom. The van der Waals surface area contributed by atoms with E-state index in [9.17, 15) is 4.79 Å². The fraction of sp³-hybridized carbons (Fsp3) is 0.381. The van der Waals surface area contributed by atoms with Crippen molar-refractivity contribution in [1.82, 2.24) is 10.2 Å². The summed E-state index contributed by atoms with van der Waals surface area (Å²) in [5.41, 5.74) is 1.69. The summed E-state index contributed by atoms with van der Waals surface area (Å²) in [5, 5.41) is 4.31. The fourth-order valence-corrected chi connectivity index (χ4v) is 4.04. The van der Waals surface area contributed by atoms with Crippen molar-refractivity contribution >= 4 is 17.5 Å². The number of amides is 1. The van der Waals surface area contributed by atoms with E-state index >= 15 is 0 Å². The van der Waals surface area contributed by atoms with E-state index < -0.39 is 0 Å². The van der Waals surface area contributed by atoms with Crippen LogP contribution >= 0.6 is 11.6 Å². The normalized spacial score (nSPS) is 22.1. The lowest BCUT2D eigenvalue weighted by molar-refractivity contribution is 0.0747. The van der Waals surface area contributed by atoms with Crippen molar-refractivity contribution in [2.45, 2.75) is 38.0 Å². The van der Waals surface area contributed by atoms with Gasteiger partial charge in [0.05, 0.1) is 0 Å². The quantitative estimate of drug-likeness (QED) is 0.887. The molecule has 2 saturated heterocycles. The van der Waals surface area contributed by atoms with Crippen molar-refractivity contribution < 1.29 is 9.53 Å². The second-order valence-electron chi connectivity index (χ2n) is 7.12. The Kier molecular flexibility index (Phi) is 5.14. The molecule has 26 heavy (non-hydrogen) atoms. The summed E-state index contributed by atoms with van der Waals surface area (Å²) in [6.45, 7) is 2.04. The smallest absolute Gasteiger partial charge is 0.254 e. The van der Waals surface area contributed by atoms with E-state index in [0.717, 1.165) is 31.5 Å². The van der Waals surface area contributed by atoms with Gasteiger partial charge in [0, 0.05) is 35.8 Å². The van der Waals surface area contributed by atoms with Gasteiger partial charge in [0.15, 0.2) is 0 Å². The molecule has 2 atom stereocenters. The van der Waals surface area contributed by atoms with Gasteiger partial charge in [0.2, 0.25) is 0 Å². The zero-order chi connectivity index (χ0) is 17.9. The molecule has 5 heteroatoms. The predicted molar refractivity (Wildman–Crippen MR) is 103 cm³/mol. The molecule has 2 fully saturated rings. The molecule has 0 saturated carbocycles. The number of fused-ring (bicyclic) bond motifs is 2. The molecule has 2 aliphatic rings. The van der Waals surface area contributed by atoms with Crippen molar-refractivity contribution in [3.05, 3.63) is 64.7 Å². The van der Waals surface area contributed by atoms with Crippen molar-refractivity contribution in [1.29, 1.82) is 0 Å². The monoisotopic (exact) mass is 370 g/mol. The van der Waals surface area contributed by atoms with Crippen LogP contribution in [-0.4, -0.2) is 36.0 Å². The van der Waals surface area contributed by atoms with Crippen molar-refractivity contribution in [2.24, 2.45) is 0 Å². The van der Waals surface area contributed by atoms with Gasteiger partial charge in [0.25, 0.3) is 5.91 Å². The van der Waals surface area contributed by atoms with E-state index in [0.29, 0.717) is 35.0 Å². The Bertz CT molecular complexity index is 795. The summed E-state index contributed by atoms with van der Waals surface area (Å²) in [7, 11) is 0. The Morgan fingerprint density at radius 2 is 1.96 bits per heavy atom. The number of likely N-dealkylation sites (tertiary alicyclic amines) is 1. The zero-order valence-electron chi connectivity index (χ0n) is 14.7. The van der Waals surface area contributed by atoms with Gasteiger partial charge in [-0.3, -0.25) is 4.79 Å². The summed E-state index contributed by atoms with van der Waals surface area (Å²) in [5.74, 6) is 0.790. The van der Waals surface area contributed by atoms with Crippen LogP contribution in [-0.2, 0) is 6.61 Å².